The number of carbonyl (C=O) groups excluding carboxylic acids is 1. The molecule has 4 nitrogen and oxygen atoms in total. The minimum absolute atomic E-state index is 0.203. The van der Waals surface area contributed by atoms with Crippen molar-refractivity contribution in [1.29, 1.82) is 0 Å². The average Bonchev–Trinajstić information content (AvgIpc) is 2.42. The molecule has 116 valence electrons. The van der Waals surface area contributed by atoms with Crippen LogP contribution in [0.1, 0.15) is 33.6 Å². The Bertz CT molecular complexity index is 548. The maximum atomic E-state index is 12.6. The summed E-state index contributed by atoms with van der Waals surface area (Å²) >= 11 is 11.8. The maximum absolute atomic E-state index is 12.6. The Morgan fingerprint density at radius 1 is 1.33 bits per heavy atom. The number of hydrogen-bond donors (Lipinski definition) is 2. The molecule has 2 N–H and O–H groups in total. The van der Waals surface area contributed by atoms with Crippen LogP contribution in [0.5, 0.6) is 0 Å². The summed E-state index contributed by atoms with van der Waals surface area (Å²) in [6.45, 7) is 5.32. The third-order valence-corrected chi connectivity index (χ3v) is 4.53. The highest BCUT2D eigenvalue weighted by atomic mass is 35.5. The highest BCUT2D eigenvalue weighted by molar-refractivity contribution is 6.36. The molecule has 0 aliphatic rings. The quantitative estimate of drug-likeness (QED) is 0.756. The number of amides is 1. The van der Waals surface area contributed by atoms with Gasteiger partial charge >= 0.3 is 5.97 Å². The first-order valence-electron chi connectivity index (χ1n) is 6.79. The Balaban J connectivity index is 3.15. The van der Waals surface area contributed by atoms with Gasteiger partial charge in [0.15, 0.2) is 0 Å². The van der Waals surface area contributed by atoms with Crippen LogP contribution in [0.4, 0.5) is 5.69 Å². The zero-order chi connectivity index (χ0) is 16.2. The standard InChI is InChI=1S/C15H19Cl2NO3/c1-4-9(3)15(5-2,14(20)21)13(19)18-12-7-6-10(16)8-11(12)17/h6-9H,4-5H2,1-3H3,(H,18,19)(H,20,21). The predicted molar refractivity (Wildman–Crippen MR) is 84.9 cm³/mol. The van der Waals surface area contributed by atoms with Crippen molar-refractivity contribution in [3.63, 3.8) is 0 Å². The van der Waals surface area contributed by atoms with Gasteiger partial charge in [-0.05, 0) is 30.5 Å². The molecule has 1 aromatic carbocycles. The Kier molecular flexibility index (Phi) is 6.05. The van der Waals surface area contributed by atoms with Crippen LogP contribution in [0.15, 0.2) is 18.2 Å². The lowest BCUT2D eigenvalue weighted by Gasteiger charge is -2.32. The fraction of sp³-hybridized carbons (Fsp3) is 0.467. The van der Waals surface area contributed by atoms with Crippen molar-refractivity contribution in [1.82, 2.24) is 0 Å². The first kappa shape index (κ1) is 17.8. The summed E-state index contributed by atoms with van der Waals surface area (Å²) in [4.78, 5) is 24.3. The first-order valence-corrected chi connectivity index (χ1v) is 7.55. The van der Waals surface area contributed by atoms with Crippen molar-refractivity contribution < 1.29 is 14.7 Å². The fourth-order valence-electron chi connectivity index (χ4n) is 2.37. The molecule has 1 amide bonds. The van der Waals surface area contributed by atoms with Crippen molar-refractivity contribution in [3.8, 4) is 0 Å². The second kappa shape index (κ2) is 7.14. The van der Waals surface area contributed by atoms with Gasteiger partial charge < -0.3 is 10.4 Å². The molecule has 0 saturated heterocycles. The van der Waals surface area contributed by atoms with Crippen molar-refractivity contribution in [3.05, 3.63) is 28.2 Å². The summed E-state index contributed by atoms with van der Waals surface area (Å²) in [5.74, 6) is -1.98. The van der Waals surface area contributed by atoms with E-state index >= 15 is 0 Å². The van der Waals surface area contributed by atoms with E-state index in [2.05, 4.69) is 5.32 Å². The average molecular weight is 332 g/mol. The minimum atomic E-state index is -1.47. The number of hydrogen-bond acceptors (Lipinski definition) is 2. The number of rotatable bonds is 6. The van der Waals surface area contributed by atoms with Crippen LogP contribution >= 0.6 is 23.2 Å². The van der Waals surface area contributed by atoms with E-state index < -0.39 is 17.3 Å². The van der Waals surface area contributed by atoms with E-state index in [1.807, 2.05) is 6.92 Å². The summed E-state index contributed by atoms with van der Waals surface area (Å²) in [5, 5.41) is 12.9. The molecule has 1 rings (SSSR count). The van der Waals surface area contributed by atoms with Crippen LogP contribution in [0.3, 0.4) is 0 Å². The van der Waals surface area contributed by atoms with Crippen LogP contribution in [-0.2, 0) is 9.59 Å². The van der Waals surface area contributed by atoms with E-state index in [0.29, 0.717) is 17.1 Å². The lowest BCUT2D eigenvalue weighted by atomic mass is 9.72. The smallest absolute Gasteiger partial charge is 0.319 e. The Morgan fingerprint density at radius 2 is 1.95 bits per heavy atom. The zero-order valence-corrected chi connectivity index (χ0v) is 13.8. The Morgan fingerprint density at radius 3 is 2.38 bits per heavy atom. The van der Waals surface area contributed by atoms with Crippen LogP contribution in [0, 0.1) is 11.3 Å². The second-order valence-corrected chi connectivity index (χ2v) is 5.86. The van der Waals surface area contributed by atoms with E-state index in [-0.39, 0.29) is 17.4 Å². The highest BCUT2D eigenvalue weighted by Crippen LogP contribution is 2.36. The van der Waals surface area contributed by atoms with E-state index in [1.54, 1.807) is 26.0 Å². The largest absolute Gasteiger partial charge is 0.480 e. The molecule has 0 radical (unpaired) electrons. The van der Waals surface area contributed by atoms with Crippen LogP contribution in [0.25, 0.3) is 0 Å². The van der Waals surface area contributed by atoms with Gasteiger partial charge in [0.1, 0.15) is 5.41 Å². The van der Waals surface area contributed by atoms with Gasteiger partial charge in [0.25, 0.3) is 0 Å². The van der Waals surface area contributed by atoms with Gasteiger partial charge in [0.05, 0.1) is 10.7 Å². The molecule has 21 heavy (non-hydrogen) atoms. The normalized spacial score (nSPS) is 15.1. The summed E-state index contributed by atoms with van der Waals surface area (Å²) in [7, 11) is 0. The molecule has 0 heterocycles. The van der Waals surface area contributed by atoms with Gasteiger partial charge in [-0.15, -0.1) is 0 Å². The third-order valence-electron chi connectivity index (χ3n) is 3.98. The van der Waals surface area contributed by atoms with Gasteiger partial charge in [0, 0.05) is 5.02 Å². The number of aliphatic carboxylic acids is 1. The number of carboxylic acid groups (broad SMARTS) is 1. The molecular weight excluding hydrogens is 313 g/mol. The predicted octanol–water partition coefficient (Wildman–Crippen LogP) is 4.46. The molecule has 2 atom stereocenters. The van der Waals surface area contributed by atoms with Crippen molar-refractivity contribution in [2.45, 2.75) is 33.6 Å². The van der Waals surface area contributed by atoms with E-state index in [0.717, 1.165) is 0 Å². The molecule has 0 bridgehead atoms. The molecule has 0 aliphatic heterocycles. The maximum Gasteiger partial charge on any atom is 0.319 e. The molecule has 0 fully saturated rings. The van der Waals surface area contributed by atoms with Gasteiger partial charge in [-0.25, -0.2) is 0 Å². The van der Waals surface area contributed by atoms with Crippen molar-refractivity contribution in [2.24, 2.45) is 11.3 Å². The topological polar surface area (TPSA) is 66.4 Å². The zero-order valence-electron chi connectivity index (χ0n) is 12.2. The van der Waals surface area contributed by atoms with Gasteiger partial charge in [-0.2, -0.15) is 0 Å². The minimum Gasteiger partial charge on any atom is -0.480 e. The molecule has 0 saturated carbocycles. The number of carboxylic acids is 1. The Hall–Kier alpha value is -1.26. The number of benzene rings is 1. The molecule has 0 aromatic heterocycles. The van der Waals surface area contributed by atoms with Gasteiger partial charge in [-0.3, -0.25) is 9.59 Å². The lowest BCUT2D eigenvalue weighted by molar-refractivity contribution is -0.158. The fourth-order valence-corrected chi connectivity index (χ4v) is 2.82. The third kappa shape index (κ3) is 3.50. The number of halogens is 2. The summed E-state index contributed by atoms with van der Waals surface area (Å²) < 4.78 is 0. The summed E-state index contributed by atoms with van der Waals surface area (Å²) in [5.41, 5.74) is -1.12. The van der Waals surface area contributed by atoms with E-state index in [4.69, 9.17) is 23.2 Å². The molecule has 6 heteroatoms. The lowest BCUT2D eigenvalue weighted by Crippen LogP contribution is -2.47. The molecule has 0 spiro atoms. The highest BCUT2D eigenvalue weighted by Gasteiger charge is 2.48. The van der Waals surface area contributed by atoms with Gasteiger partial charge in [0.2, 0.25) is 5.91 Å². The summed E-state index contributed by atoms with van der Waals surface area (Å²) in [6.07, 6.45) is 0.788. The molecule has 2 unspecified atom stereocenters. The SMILES string of the molecule is CCC(C)C(CC)(C(=O)O)C(=O)Nc1ccc(Cl)cc1Cl. The van der Waals surface area contributed by atoms with E-state index in [9.17, 15) is 14.7 Å². The number of anilines is 1. The van der Waals surface area contributed by atoms with Crippen molar-refractivity contribution in [2.75, 3.05) is 5.32 Å². The summed E-state index contributed by atoms with van der Waals surface area (Å²) in [6, 6.07) is 4.64. The van der Waals surface area contributed by atoms with Gasteiger partial charge in [-0.1, -0.05) is 50.4 Å². The molecule has 1 aromatic rings. The monoisotopic (exact) mass is 331 g/mol. The number of nitrogens with one attached hydrogen (secondary N) is 1. The Labute approximate surface area is 134 Å². The molecule has 0 aliphatic carbocycles. The van der Waals surface area contributed by atoms with Crippen LogP contribution in [-0.4, -0.2) is 17.0 Å². The van der Waals surface area contributed by atoms with Crippen LogP contribution < -0.4 is 5.32 Å². The second-order valence-electron chi connectivity index (χ2n) is 5.02. The first-order chi connectivity index (χ1) is 9.79. The number of carbonyl (C=O) groups is 2. The van der Waals surface area contributed by atoms with E-state index in [1.165, 1.54) is 6.07 Å². The van der Waals surface area contributed by atoms with Crippen molar-refractivity contribution >= 4 is 40.8 Å². The molecular formula is C15H19Cl2NO3. The van der Waals surface area contributed by atoms with Crippen LogP contribution in [0.2, 0.25) is 10.0 Å².